The van der Waals surface area contributed by atoms with Crippen molar-refractivity contribution < 1.29 is 44.5 Å². The smallest absolute Gasteiger partial charge is 0.367 e. The van der Waals surface area contributed by atoms with E-state index in [9.17, 15) is 26.4 Å². The van der Waals surface area contributed by atoms with Crippen molar-refractivity contribution in [2.75, 3.05) is 14.2 Å². The highest BCUT2D eigenvalue weighted by atomic mass is 32.2. The van der Waals surface area contributed by atoms with Crippen LogP contribution in [-0.4, -0.2) is 53.1 Å². The van der Waals surface area contributed by atoms with Gasteiger partial charge in [0, 0.05) is 9.79 Å². The highest BCUT2D eigenvalue weighted by molar-refractivity contribution is 8.16. The van der Waals surface area contributed by atoms with E-state index in [1.807, 2.05) is 38.1 Å². The lowest BCUT2D eigenvalue weighted by Gasteiger charge is -2.07. The van der Waals surface area contributed by atoms with E-state index in [1.165, 1.54) is 24.3 Å². The fourth-order valence-corrected chi connectivity index (χ4v) is 6.43. The molecular weight excluding hydrogens is 653 g/mol. The van der Waals surface area contributed by atoms with E-state index in [0.717, 1.165) is 48.9 Å². The van der Waals surface area contributed by atoms with E-state index in [4.69, 9.17) is 8.57 Å². The second-order valence-corrected chi connectivity index (χ2v) is 14.2. The molecule has 0 unspecified atom stereocenters. The van der Waals surface area contributed by atoms with E-state index in [1.54, 1.807) is 24.3 Å². The van der Waals surface area contributed by atoms with Crippen molar-refractivity contribution in [1.82, 2.24) is 0 Å². The summed E-state index contributed by atoms with van der Waals surface area (Å²) in [6, 6.07) is 19.7. The van der Waals surface area contributed by atoms with Crippen molar-refractivity contribution in [2.45, 2.75) is 35.1 Å². The fourth-order valence-electron chi connectivity index (χ4n) is 3.18. The third-order valence-electron chi connectivity index (χ3n) is 5.37. The van der Waals surface area contributed by atoms with Crippen LogP contribution < -0.4 is 0 Å². The zero-order chi connectivity index (χ0) is 32.3. The molecule has 0 fully saturated rings. The molecule has 0 radical (unpaired) electrons. The highest BCUT2D eigenvalue weighted by Gasteiger charge is 2.21. The third-order valence-corrected chi connectivity index (χ3v) is 9.23. The van der Waals surface area contributed by atoms with Crippen molar-refractivity contribution in [1.29, 1.82) is 0 Å². The zero-order valence-corrected chi connectivity index (χ0v) is 27.2. The molecular formula is C28H28N2O10S4. The monoisotopic (exact) mass is 680 g/mol. The molecule has 0 bridgehead atoms. The predicted octanol–water partition coefficient (Wildman–Crippen LogP) is 4.55. The van der Waals surface area contributed by atoms with E-state index in [-0.39, 0.29) is 21.2 Å². The van der Waals surface area contributed by atoms with Crippen LogP contribution in [0.5, 0.6) is 0 Å². The van der Waals surface area contributed by atoms with Crippen molar-refractivity contribution in [2.24, 2.45) is 10.3 Å². The number of oxime groups is 2. The fraction of sp³-hybridized carbons (Fsp3) is 0.214. The number of benzene rings is 3. The molecule has 0 saturated heterocycles. The van der Waals surface area contributed by atoms with Crippen LogP contribution in [0.1, 0.15) is 22.3 Å². The molecule has 0 atom stereocenters. The Labute approximate surface area is 264 Å². The number of carbonyl (C=O) groups is 2. The third kappa shape index (κ3) is 11.3. The SMILES string of the molecule is COC(=O)C(=NOS(=O)(=O)Cc1ccc(CS(=O)(=O)ON=C(Sc2ccc(C)cc2)C(=O)OC)cc1)Sc1ccc(C)cc1. The molecule has 16 heteroatoms. The summed E-state index contributed by atoms with van der Waals surface area (Å²) in [6.07, 6.45) is 0. The molecule has 0 aliphatic heterocycles. The van der Waals surface area contributed by atoms with Gasteiger partial charge >= 0.3 is 32.2 Å². The molecule has 3 aromatic carbocycles. The van der Waals surface area contributed by atoms with Crippen molar-refractivity contribution in [3.8, 4) is 0 Å². The lowest BCUT2D eigenvalue weighted by Crippen LogP contribution is -2.15. The minimum Gasteiger partial charge on any atom is -0.464 e. The summed E-state index contributed by atoms with van der Waals surface area (Å²) in [6.45, 7) is 3.78. The van der Waals surface area contributed by atoms with Gasteiger partial charge in [0.1, 0.15) is 11.5 Å². The number of hydrogen-bond donors (Lipinski definition) is 0. The van der Waals surface area contributed by atoms with Gasteiger partial charge in [-0.2, -0.15) is 16.8 Å². The molecule has 0 spiro atoms. The Hall–Kier alpha value is -3.86. The van der Waals surface area contributed by atoms with Crippen LogP contribution in [0.4, 0.5) is 0 Å². The topological polar surface area (TPSA) is 164 Å². The van der Waals surface area contributed by atoms with Crippen LogP contribution in [0.2, 0.25) is 0 Å². The Morgan fingerprint density at radius 1 is 0.591 bits per heavy atom. The van der Waals surface area contributed by atoms with E-state index >= 15 is 0 Å². The largest absolute Gasteiger partial charge is 0.464 e. The van der Waals surface area contributed by atoms with Gasteiger partial charge in [0.05, 0.1) is 14.2 Å². The predicted molar refractivity (Wildman–Crippen MR) is 167 cm³/mol. The first-order chi connectivity index (χ1) is 20.8. The van der Waals surface area contributed by atoms with Gasteiger partial charge in [0.15, 0.2) is 0 Å². The molecule has 12 nitrogen and oxygen atoms in total. The summed E-state index contributed by atoms with van der Waals surface area (Å²) in [4.78, 5) is 25.4. The van der Waals surface area contributed by atoms with Crippen LogP contribution in [0.25, 0.3) is 0 Å². The first-order valence-corrected chi connectivity index (χ1v) is 17.3. The van der Waals surface area contributed by atoms with Gasteiger partial charge < -0.3 is 9.47 Å². The van der Waals surface area contributed by atoms with Gasteiger partial charge in [0.25, 0.3) is 0 Å². The first kappa shape index (κ1) is 34.6. The summed E-state index contributed by atoms with van der Waals surface area (Å²) in [5.41, 5.74) is 2.51. The first-order valence-electron chi connectivity index (χ1n) is 12.5. The minimum atomic E-state index is -4.29. The second-order valence-electron chi connectivity index (χ2n) is 8.98. The Morgan fingerprint density at radius 3 is 1.20 bits per heavy atom. The molecule has 3 rings (SSSR count). The standard InChI is InChI=1S/C28H28N2O10S4/c1-19-5-13-23(14-6-19)41-25(27(31)37-3)29-39-43(33,34)17-21-9-11-22(12-10-21)18-44(35,36)40-30-26(28(32)38-4)42-24-15-7-20(2)8-16-24/h5-16H,17-18H2,1-4H3. The summed E-state index contributed by atoms with van der Waals surface area (Å²) in [5, 5.41) is 6.36. The molecule has 0 saturated carbocycles. The van der Waals surface area contributed by atoms with Crippen LogP contribution in [0, 0.1) is 13.8 Å². The van der Waals surface area contributed by atoms with Crippen LogP contribution in [0.15, 0.2) is 92.9 Å². The number of hydrogen-bond acceptors (Lipinski definition) is 14. The number of thioether (sulfide) groups is 2. The molecule has 0 aliphatic carbocycles. The normalized spacial score (nSPS) is 12.4. The number of ether oxygens (including phenoxy) is 2. The van der Waals surface area contributed by atoms with Gasteiger partial charge in [-0.15, -0.1) is 0 Å². The Morgan fingerprint density at radius 2 is 0.909 bits per heavy atom. The Kier molecular flexibility index (Phi) is 12.4. The molecule has 0 N–H and O–H groups in total. The number of aryl methyl sites for hydroxylation is 2. The Balaban J connectivity index is 1.64. The quantitative estimate of drug-likeness (QED) is 0.0966. The van der Waals surface area contributed by atoms with Crippen molar-refractivity contribution in [3.05, 3.63) is 95.1 Å². The average Bonchev–Trinajstić information content (AvgIpc) is 2.99. The maximum Gasteiger partial charge on any atom is 0.367 e. The Bertz CT molecular complexity index is 1610. The van der Waals surface area contributed by atoms with Crippen LogP contribution in [-0.2, 0) is 59.4 Å². The molecule has 44 heavy (non-hydrogen) atoms. The summed E-state index contributed by atoms with van der Waals surface area (Å²) in [5.74, 6) is -3.00. The summed E-state index contributed by atoms with van der Waals surface area (Å²) in [7, 11) is -6.32. The van der Waals surface area contributed by atoms with E-state index in [0.29, 0.717) is 9.79 Å². The number of nitrogens with zero attached hydrogens (tertiary/aromatic N) is 2. The van der Waals surface area contributed by atoms with E-state index < -0.39 is 43.7 Å². The van der Waals surface area contributed by atoms with Gasteiger partial charge in [-0.05, 0) is 49.2 Å². The minimum absolute atomic E-state index is 0.258. The summed E-state index contributed by atoms with van der Waals surface area (Å²) >= 11 is 1.75. The van der Waals surface area contributed by atoms with Crippen molar-refractivity contribution >= 4 is 65.8 Å². The molecule has 0 aliphatic rings. The van der Waals surface area contributed by atoms with E-state index in [2.05, 4.69) is 19.8 Å². The molecule has 3 aromatic rings. The number of carbonyl (C=O) groups excluding carboxylic acids is 2. The summed E-state index contributed by atoms with van der Waals surface area (Å²) < 4.78 is 68.9. The molecule has 0 heterocycles. The van der Waals surface area contributed by atoms with Gasteiger partial charge in [0.2, 0.25) is 10.1 Å². The number of methoxy groups -OCH3 is 2. The van der Waals surface area contributed by atoms with Crippen LogP contribution in [0.3, 0.4) is 0 Å². The molecule has 0 aromatic heterocycles. The lowest BCUT2D eigenvalue weighted by atomic mass is 10.2. The lowest BCUT2D eigenvalue weighted by molar-refractivity contribution is -0.133. The van der Waals surface area contributed by atoms with Gasteiger partial charge in [-0.25, -0.2) is 9.59 Å². The van der Waals surface area contributed by atoms with Gasteiger partial charge in [-0.3, -0.25) is 8.57 Å². The van der Waals surface area contributed by atoms with Gasteiger partial charge in [-0.1, -0.05) is 93.5 Å². The number of esters is 2. The molecule has 0 amide bonds. The maximum atomic E-state index is 12.5. The molecule has 234 valence electrons. The maximum absolute atomic E-state index is 12.5. The highest BCUT2D eigenvalue weighted by Crippen LogP contribution is 2.23. The zero-order valence-electron chi connectivity index (χ0n) is 24.0. The van der Waals surface area contributed by atoms with Crippen LogP contribution >= 0.6 is 23.5 Å². The average molecular weight is 681 g/mol. The second kappa shape index (κ2) is 15.7. The number of rotatable bonds is 10. The van der Waals surface area contributed by atoms with Crippen molar-refractivity contribution in [3.63, 3.8) is 0 Å².